The molecule has 3 N–H and O–H groups in total. The molecule has 11 heavy (non-hydrogen) atoms. The maximum atomic E-state index is 2.24. The van der Waals surface area contributed by atoms with E-state index in [0.717, 1.165) is 0 Å². The van der Waals surface area contributed by atoms with E-state index in [2.05, 4.69) is 24.3 Å². The number of rotatable bonds is 0. The van der Waals surface area contributed by atoms with Gasteiger partial charge in [0.1, 0.15) is 0 Å². The maximum Gasteiger partial charge on any atom is -0.0273 e. The quantitative estimate of drug-likeness (QED) is 0.710. The minimum Gasteiger partial charge on any atom is -0.344 e. The molecule has 0 amide bonds. The highest BCUT2D eigenvalue weighted by molar-refractivity contribution is 8.93. The summed E-state index contributed by atoms with van der Waals surface area (Å²) < 4.78 is 0. The molecular weight excluding hydrogens is 202 g/mol. The number of hydrogen-bond acceptors (Lipinski definition) is 1. The van der Waals surface area contributed by atoms with Crippen molar-refractivity contribution >= 4 is 17.0 Å². The summed E-state index contributed by atoms with van der Waals surface area (Å²) in [6, 6.07) is 8.74. The van der Waals surface area contributed by atoms with Crippen LogP contribution in [-0.4, -0.2) is 0 Å². The molecule has 0 spiro atoms. The van der Waals surface area contributed by atoms with Gasteiger partial charge in [-0.2, -0.15) is 0 Å². The van der Waals surface area contributed by atoms with Gasteiger partial charge in [0, 0.05) is 0 Å². The molecule has 0 aromatic heterocycles. The highest BCUT2D eigenvalue weighted by Crippen LogP contribution is 2.20. The van der Waals surface area contributed by atoms with E-state index >= 15 is 0 Å². The molecule has 2 rings (SSSR count). The summed E-state index contributed by atoms with van der Waals surface area (Å²) in [6.07, 6.45) is 3.96. The van der Waals surface area contributed by atoms with Gasteiger partial charge in [-0.15, -0.1) is 17.0 Å². The Morgan fingerprint density at radius 2 is 1.36 bits per heavy atom. The fourth-order valence-electron chi connectivity index (χ4n) is 1.51. The normalized spacial score (nSPS) is 12.7. The molecule has 2 heteroatoms. The van der Waals surface area contributed by atoms with Crippen LogP contribution in [0.25, 0.3) is 0 Å². The third-order valence-corrected chi connectivity index (χ3v) is 2.01. The fourth-order valence-corrected chi connectivity index (χ4v) is 1.51. The molecular formula is C9H14BrN. The van der Waals surface area contributed by atoms with Crippen LogP contribution in [-0.2, 0) is 12.8 Å². The Labute approximate surface area is 78.2 Å². The van der Waals surface area contributed by atoms with Crippen molar-refractivity contribution < 1.29 is 0 Å². The van der Waals surface area contributed by atoms with Crippen molar-refractivity contribution in [3.05, 3.63) is 35.4 Å². The molecule has 0 atom stereocenters. The van der Waals surface area contributed by atoms with Crippen LogP contribution >= 0.6 is 17.0 Å². The van der Waals surface area contributed by atoms with Gasteiger partial charge in [-0.1, -0.05) is 24.3 Å². The third kappa shape index (κ3) is 2.04. The van der Waals surface area contributed by atoms with Crippen molar-refractivity contribution in [1.29, 1.82) is 0 Å². The summed E-state index contributed by atoms with van der Waals surface area (Å²) >= 11 is 0. The molecule has 0 fully saturated rings. The van der Waals surface area contributed by atoms with Crippen molar-refractivity contribution in [3.63, 3.8) is 0 Å². The first kappa shape index (κ1) is 10.7. The van der Waals surface area contributed by atoms with E-state index in [1.165, 1.54) is 19.3 Å². The van der Waals surface area contributed by atoms with E-state index in [1.807, 2.05) is 0 Å². The van der Waals surface area contributed by atoms with Crippen molar-refractivity contribution in [1.82, 2.24) is 6.15 Å². The predicted octanol–water partition coefficient (Wildman–Crippen LogP) is 2.92. The molecule has 1 aromatic carbocycles. The zero-order valence-corrected chi connectivity index (χ0v) is 8.26. The highest BCUT2D eigenvalue weighted by atomic mass is 79.9. The van der Waals surface area contributed by atoms with Gasteiger partial charge in [-0.25, -0.2) is 0 Å². The average molecular weight is 216 g/mol. The molecule has 0 radical (unpaired) electrons. The summed E-state index contributed by atoms with van der Waals surface area (Å²) in [6.45, 7) is 0. The zero-order chi connectivity index (χ0) is 6.10. The molecule has 1 aromatic rings. The second-order valence-corrected chi connectivity index (χ2v) is 2.62. The smallest absolute Gasteiger partial charge is 0.0273 e. The lowest BCUT2D eigenvalue weighted by Gasteiger charge is -1.93. The van der Waals surface area contributed by atoms with Crippen LogP contribution in [0.3, 0.4) is 0 Å². The number of benzene rings is 1. The minimum atomic E-state index is 0. The lowest BCUT2D eigenvalue weighted by Crippen LogP contribution is -1.77. The van der Waals surface area contributed by atoms with Gasteiger partial charge in [0.25, 0.3) is 0 Å². The first-order valence-electron chi connectivity index (χ1n) is 3.53. The molecule has 0 bridgehead atoms. The number of hydrogen-bond donors (Lipinski definition) is 1. The minimum absolute atomic E-state index is 0. The first-order chi connectivity index (χ1) is 4.47. The predicted molar refractivity (Wildman–Crippen MR) is 53.8 cm³/mol. The molecule has 1 aliphatic carbocycles. The summed E-state index contributed by atoms with van der Waals surface area (Å²) in [5.41, 5.74) is 3.13. The van der Waals surface area contributed by atoms with Gasteiger partial charge in [0.05, 0.1) is 0 Å². The average Bonchev–Trinajstić information content (AvgIpc) is 2.33. The molecule has 62 valence electrons. The van der Waals surface area contributed by atoms with Crippen molar-refractivity contribution in [2.75, 3.05) is 0 Å². The topological polar surface area (TPSA) is 35.0 Å². The Bertz CT molecular complexity index is 200. The Kier molecular flexibility index (Phi) is 4.38. The highest BCUT2D eigenvalue weighted by Gasteiger charge is 2.07. The second kappa shape index (κ2) is 4.52. The van der Waals surface area contributed by atoms with Crippen LogP contribution in [0, 0.1) is 0 Å². The van der Waals surface area contributed by atoms with Crippen molar-refractivity contribution in [2.24, 2.45) is 0 Å². The largest absolute Gasteiger partial charge is 0.344 e. The van der Waals surface area contributed by atoms with Gasteiger partial charge < -0.3 is 6.15 Å². The van der Waals surface area contributed by atoms with Gasteiger partial charge >= 0.3 is 0 Å². The molecule has 0 aliphatic heterocycles. The number of fused-ring (bicyclic) bond motifs is 1. The van der Waals surface area contributed by atoms with Crippen LogP contribution in [0.5, 0.6) is 0 Å². The standard InChI is InChI=1S/C9H10.BrH.H3N/c1-2-5-9-7-3-6-8(9)4-1;;/h1-2,4-5H,3,6-7H2;1H;1H3. The molecule has 0 saturated heterocycles. The maximum absolute atomic E-state index is 2.24. The van der Waals surface area contributed by atoms with Crippen LogP contribution in [0.1, 0.15) is 17.5 Å². The van der Waals surface area contributed by atoms with Crippen molar-refractivity contribution in [2.45, 2.75) is 19.3 Å². The Morgan fingerprint density at radius 3 is 1.82 bits per heavy atom. The lowest BCUT2D eigenvalue weighted by molar-refractivity contribution is 0.912. The van der Waals surface area contributed by atoms with Crippen LogP contribution in [0.15, 0.2) is 24.3 Å². The van der Waals surface area contributed by atoms with E-state index in [1.54, 1.807) is 11.1 Å². The number of halogens is 1. The molecule has 0 unspecified atom stereocenters. The van der Waals surface area contributed by atoms with Gasteiger partial charge in [-0.05, 0) is 30.4 Å². The SMILES string of the molecule is Br.N.c1ccc2c(c1)CCC2. The van der Waals surface area contributed by atoms with Crippen LogP contribution in [0.4, 0.5) is 0 Å². The fraction of sp³-hybridized carbons (Fsp3) is 0.333. The van der Waals surface area contributed by atoms with E-state index in [0.29, 0.717) is 0 Å². The molecule has 0 heterocycles. The lowest BCUT2D eigenvalue weighted by atomic mass is 10.1. The molecule has 1 aliphatic rings. The van der Waals surface area contributed by atoms with Crippen LogP contribution in [0.2, 0.25) is 0 Å². The van der Waals surface area contributed by atoms with Crippen LogP contribution < -0.4 is 6.15 Å². The Morgan fingerprint density at radius 1 is 0.909 bits per heavy atom. The van der Waals surface area contributed by atoms with Gasteiger partial charge in [-0.3, -0.25) is 0 Å². The van der Waals surface area contributed by atoms with E-state index in [-0.39, 0.29) is 23.1 Å². The number of aryl methyl sites for hydroxylation is 2. The zero-order valence-electron chi connectivity index (χ0n) is 6.55. The van der Waals surface area contributed by atoms with E-state index in [9.17, 15) is 0 Å². The third-order valence-electron chi connectivity index (χ3n) is 2.01. The monoisotopic (exact) mass is 215 g/mol. The molecule has 0 saturated carbocycles. The first-order valence-corrected chi connectivity index (χ1v) is 3.53. The summed E-state index contributed by atoms with van der Waals surface area (Å²) in [5, 5.41) is 0. The van der Waals surface area contributed by atoms with Gasteiger partial charge in [0.15, 0.2) is 0 Å². The molecule has 1 nitrogen and oxygen atoms in total. The summed E-state index contributed by atoms with van der Waals surface area (Å²) in [4.78, 5) is 0. The Hall–Kier alpha value is -0.340. The summed E-state index contributed by atoms with van der Waals surface area (Å²) in [7, 11) is 0. The van der Waals surface area contributed by atoms with Gasteiger partial charge in [0.2, 0.25) is 0 Å². The van der Waals surface area contributed by atoms with Crippen molar-refractivity contribution in [3.8, 4) is 0 Å². The summed E-state index contributed by atoms with van der Waals surface area (Å²) in [5.74, 6) is 0. The second-order valence-electron chi connectivity index (χ2n) is 2.62. The Balaban J connectivity index is 0.000000500. The van der Waals surface area contributed by atoms with E-state index < -0.39 is 0 Å². The van der Waals surface area contributed by atoms with E-state index in [4.69, 9.17) is 0 Å².